The highest BCUT2D eigenvalue weighted by molar-refractivity contribution is 7.22. The van der Waals surface area contributed by atoms with Crippen LogP contribution >= 0.6 is 11.3 Å². The van der Waals surface area contributed by atoms with Crippen molar-refractivity contribution < 1.29 is 13.5 Å². The zero-order chi connectivity index (χ0) is 17.1. The van der Waals surface area contributed by atoms with E-state index in [9.17, 15) is 13.6 Å². The van der Waals surface area contributed by atoms with Gasteiger partial charge in [0.25, 0.3) is 11.5 Å². The van der Waals surface area contributed by atoms with Gasteiger partial charge in [0.1, 0.15) is 10.3 Å². The average molecular weight is 351 g/mol. The lowest BCUT2D eigenvalue weighted by Gasteiger charge is -2.38. The minimum Gasteiger partial charge on any atom is -0.372 e. The van der Waals surface area contributed by atoms with Crippen molar-refractivity contribution in [3.05, 3.63) is 40.1 Å². The molecule has 3 aromatic heterocycles. The van der Waals surface area contributed by atoms with Crippen LogP contribution in [-0.4, -0.2) is 28.2 Å². The summed E-state index contributed by atoms with van der Waals surface area (Å²) in [6.45, 7) is 1.59. The molecule has 8 heteroatoms. The molecule has 0 aliphatic heterocycles. The van der Waals surface area contributed by atoms with Crippen LogP contribution in [0.1, 0.15) is 24.6 Å². The Labute approximate surface area is 139 Å². The van der Waals surface area contributed by atoms with Crippen molar-refractivity contribution >= 4 is 21.4 Å². The normalized spacial score (nSPS) is 22.7. The second-order valence-electron chi connectivity index (χ2n) is 6.29. The van der Waals surface area contributed by atoms with Gasteiger partial charge in [0, 0.05) is 42.0 Å². The summed E-state index contributed by atoms with van der Waals surface area (Å²) >= 11 is 1.27. The van der Waals surface area contributed by atoms with Gasteiger partial charge in [0.15, 0.2) is 0 Å². The van der Waals surface area contributed by atoms with E-state index in [1.165, 1.54) is 18.4 Å². The Morgan fingerprint density at radius 2 is 2.21 bits per heavy atom. The average Bonchev–Trinajstić information content (AvgIpc) is 3.16. The first-order valence-electron chi connectivity index (χ1n) is 7.44. The molecule has 0 saturated carbocycles. The van der Waals surface area contributed by atoms with E-state index in [1.807, 2.05) is 0 Å². The van der Waals surface area contributed by atoms with E-state index in [-0.39, 0.29) is 5.56 Å². The maximum absolute atomic E-state index is 14.3. The summed E-state index contributed by atoms with van der Waals surface area (Å²) in [4.78, 5) is 16.1. The van der Waals surface area contributed by atoms with Gasteiger partial charge in [-0.2, -0.15) is 5.10 Å². The zero-order valence-electron chi connectivity index (χ0n) is 13.1. The highest BCUT2D eigenvalue weighted by Crippen LogP contribution is 2.46. The smallest absolute Gasteiger partial charge is 0.266 e. The fraction of sp³-hybridized carbons (Fsp3) is 0.375. The van der Waals surface area contributed by atoms with Crippen molar-refractivity contribution in [2.45, 2.75) is 31.3 Å². The molecular weight excluding hydrogens is 336 g/mol. The van der Waals surface area contributed by atoms with Crippen molar-refractivity contribution in [3.63, 3.8) is 0 Å². The van der Waals surface area contributed by atoms with E-state index < -0.39 is 24.4 Å². The molecule has 1 aliphatic carbocycles. The molecular formula is C16H15F2N3O2S. The van der Waals surface area contributed by atoms with E-state index in [0.29, 0.717) is 21.3 Å². The van der Waals surface area contributed by atoms with Gasteiger partial charge in [0.05, 0.1) is 11.9 Å². The van der Waals surface area contributed by atoms with Gasteiger partial charge in [-0.1, -0.05) is 0 Å². The van der Waals surface area contributed by atoms with Gasteiger partial charge in [-0.3, -0.25) is 9.89 Å². The second-order valence-corrected chi connectivity index (χ2v) is 7.34. The molecule has 3 aromatic rings. The maximum atomic E-state index is 14.3. The Hall–Kier alpha value is -2.06. The van der Waals surface area contributed by atoms with Crippen LogP contribution in [0.15, 0.2) is 23.3 Å². The first-order valence-corrected chi connectivity index (χ1v) is 8.26. The molecule has 0 unspecified atom stereocenters. The third-order valence-corrected chi connectivity index (χ3v) is 5.78. The van der Waals surface area contributed by atoms with Crippen LogP contribution in [0.5, 0.6) is 0 Å². The second kappa shape index (κ2) is 4.97. The summed E-state index contributed by atoms with van der Waals surface area (Å²) in [6.07, 6.45) is 2.48. The van der Waals surface area contributed by atoms with Crippen molar-refractivity contribution in [1.29, 1.82) is 0 Å². The molecule has 1 atom stereocenters. The van der Waals surface area contributed by atoms with Crippen LogP contribution in [-0.2, 0) is 16.8 Å². The number of aromatic amines is 2. The molecule has 0 aromatic carbocycles. The topological polar surface area (TPSA) is 70.8 Å². The quantitative estimate of drug-likeness (QED) is 0.743. The van der Waals surface area contributed by atoms with Gasteiger partial charge in [0.2, 0.25) is 0 Å². The largest absolute Gasteiger partial charge is 0.372 e. The zero-order valence-corrected chi connectivity index (χ0v) is 13.9. The molecule has 0 fully saturated rings. The minimum absolute atomic E-state index is 0.281. The molecule has 126 valence electrons. The maximum Gasteiger partial charge on any atom is 0.266 e. The van der Waals surface area contributed by atoms with Crippen molar-refractivity contribution in [2.24, 2.45) is 0 Å². The number of pyridine rings is 1. The summed E-state index contributed by atoms with van der Waals surface area (Å²) < 4.78 is 34.4. The van der Waals surface area contributed by atoms with E-state index >= 15 is 0 Å². The first kappa shape index (κ1) is 15.5. The molecule has 0 amide bonds. The molecule has 0 spiro atoms. The van der Waals surface area contributed by atoms with Gasteiger partial charge in [-0.05, 0) is 18.6 Å². The summed E-state index contributed by atoms with van der Waals surface area (Å²) in [5.74, 6) is -2.89. The lowest BCUT2D eigenvalue weighted by atomic mass is 9.80. The van der Waals surface area contributed by atoms with Crippen molar-refractivity contribution in [2.75, 3.05) is 7.11 Å². The number of alkyl halides is 2. The van der Waals surface area contributed by atoms with Crippen LogP contribution < -0.4 is 5.56 Å². The summed E-state index contributed by atoms with van der Waals surface area (Å²) in [6, 6.07) is 1.79. The third-order valence-electron chi connectivity index (χ3n) is 4.60. The summed E-state index contributed by atoms with van der Waals surface area (Å²) in [7, 11) is 1.39. The lowest BCUT2D eigenvalue weighted by Crippen LogP contribution is -2.42. The van der Waals surface area contributed by atoms with Crippen LogP contribution in [0.2, 0.25) is 0 Å². The van der Waals surface area contributed by atoms with Crippen LogP contribution in [0.3, 0.4) is 0 Å². The van der Waals surface area contributed by atoms with Crippen LogP contribution in [0.4, 0.5) is 8.78 Å². The highest BCUT2D eigenvalue weighted by atomic mass is 32.1. The Morgan fingerprint density at radius 3 is 2.88 bits per heavy atom. The number of ether oxygens (including phenoxy) is 1. The molecule has 2 N–H and O–H groups in total. The van der Waals surface area contributed by atoms with Gasteiger partial charge in [-0.25, -0.2) is 8.78 Å². The number of fused-ring (bicyclic) bond motifs is 3. The number of methoxy groups -OCH3 is 1. The molecule has 1 aliphatic rings. The van der Waals surface area contributed by atoms with Gasteiger partial charge >= 0.3 is 0 Å². The van der Waals surface area contributed by atoms with Crippen LogP contribution in [0.25, 0.3) is 20.5 Å². The predicted molar refractivity (Wildman–Crippen MR) is 87.7 cm³/mol. The summed E-state index contributed by atoms with van der Waals surface area (Å²) in [5, 5.41) is 7.18. The molecule has 3 heterocycles. The SMILES string of the molecule is CO[C@]1(C)CC(F)(F)Cc2c1[nH]c(=O)c1sc(-c3cn[nH]c3)cc21. The van der Waals surface area contributed by atoms with E-state index in [4.69, 9.17) is 4.74 Å². The number of thiophene rings is 1. The van der Waals surface area contributed by atoms with E-state index in [0.717, 1.165) is 10.4 Å². The first-order chi connectivity index (χ1) is 11.3. The lowest BCUT2D eigenvalue weighted by molar-refractivity contribution is -0.115. The standard InChI is InChI=1S/C16H15F2N3O2S/c1-15(23-2)7-16(17,18)4-10-9-3-11(8-5-19-20-6-8)24-12(9)14(22)21-13(10)15/h3,5-6H,4,7H2,1-2H3,(H,19,20)(H,21,22)/t15-/m1/s1. The monoisotopic (exact) mass is 351 g/mol. The van der Waals surface area contributed by atoms with Gasteiger partial charge < -0.3 is 9.72 Å². The molecule has 24 heavy (non-hydrogen) atoms. The molecule has 0 saturated heterocycles. The molecule has 5 nitrogen and oxygen atoms in total. The highest BCUT2D eigenvalue weighted by Gasteiger charge is 2.48. The Bertz CT molecular complexity index is 977. The van der Waals surface area contributed by atoms with E-state index in [1.54, 1.807) is 25.4 Å². The van der Waals surface area contributed by atoms with Crippen molar-refractivity contribution in [1.82, 2.24) is 15.2 Å². The fourth-order valence-electron chi connectivity index (χ4n) is 3.40. The van der Waals surface area contributed by atoms with Crippen LogP contribution in [0, 0.1) is 0 Å². The number of halogens is 2. The van der Waals surface area contributed by atoms with Gasteiger partial charge in [-0.15, -0.1) is 11.3 Å². The van der Waals surface area contributed by atoms with E-state index in [2.05, 4.69) is 15.2 Å². The Balaban J connectivity index is 2.03. The number of aromatic nitrogens is 3. The minimum atomic E-state index is -2.89. The third kappa shape index (κ3) is 2.21. The van der Waals surface area contributed by atoms with Crippen molar-refractivity contribution in [3.8, 4) is 10.4 Å². The molecule has 0 radical (unpaired) electrons. The number of rotatable bonds is 2. The molecule has 0 bridgehead atoms. The number of hydrogen-bond acceptors (Lipinski definition) is 4. The summed E-state index contributed by atoms with van der Waals surface area (Å²) in [5.41, 5.74) is 0.224. The Kier molecular flexibility index (Phi) is 3.20. The number of H-pyrrole nitrogens is 2. The molecule has 4 rings (SSSR count). The number of nitrogens with zero attached hydrogens (tertiary/aromatic N) is 1. The fourth-order valence-corrected chi connectivity index (χ4v) is 4.47. The predicted octanol–water partition coefficient (Wildman–Crippen LogP) is 3.42. The Morgan fingerprint density at radius 1 is 1.42 bits per heavy atom. The number of hydrogen-bond donors (Lipinski definition) is 2. The number of nitrogens with one attached hydrogen (secondary N) is 2.